The van der Waals surface area contributed by atoms with Crippen LogP contribution in [0.25, 0.3) is 22.2 Å². The van der Waals surface area contributed by atoms with Gasteiger partial charge in [0, 0.05) is 43.8 Å². The molecule has 0 fully saturated rings. The summed E-state index contributed by atoms with van der Waals surface area (Å²) in [4.78, 5) is 25.3. The molecular weight excluding hydrogens is 316 g/mol. The molecule has 0 amide bonds. The largest absolute Gasteiger partial charge is 0.332 e. The monoisotopic (exact) mass is 332 g/mol. The molecule has 124 valence electrons. The molecule has 0 saturated heterocycles. The summed E-state index contributed by atoms with van der Waals surface area (Å²) >= 11 is 0. The Morgan fingerprint density at radius 3 is 2.64 bits per heavy atom. The van der Waals surface area contributed by atoms with Gasteiger partial charge in [-0.1, -0.05) is 0 Å². The zero-order chi connectivity index (χ0) is 17.4. The number of ketones is 1. The normalized spacial score (nSPS) is 11.1. The van der Waals surface area contributed by atoms with Gasteiger partial charge < -0.3 is 4.57 Å². The van der Waals surface area contributed by atoms with Crippen molar-refractivity contribution < 1.29 is 4.79 Å². The minimum absolute atomic E-state index is 0.0478. The maximum atomic E-state index is 12.3. The number of nitrogens with zero attached hydrogens (tertiary/aromatic N) is 6. The molecule has 0 aliphatic carbocycles. The molecule has 4 heterocycles. The highest BCUT2D eigenvalue weighted by molar-refractivity contribution is 5.96. The molecule has 0 atom stereocenters. The van der Waals surface area contributed by atoms with Crippen LogP contribution in [-0.2, 0) is 20.5 Å². The van der Waals surface area contributed by atoms with Crippen LogP contribution in [0.2, 0.25) is 0 Å². The molecule has 0 spiro atoms. The van der Waals surface area contributed by atoms with E-state index in [-0.39, 0.29) is 12.2 Å². The Kier molecular flexibility index (Phi) is 3.61. The zero-order valence-electron chi connectivity index (χ0n) is 13.9. The fourth-order valence-corrected chi connectivity index (χ4v) is 2.74. The third-order valence-electron chi connectivity index (χ3n) is 4.08. The number of aryl methyl sites for hydroxylation is 2. The number of carbonyl (C=O) groups excluding carboxylic acids is 1. The van der Waals surface area contributed by atoms with Crippen LogP contribution in [0.4, 0.5) is 0 Å². The lowest BCUT2D eigenvalue weighted by atomic mass is 10.1. The summed E-state index contributed by atoms with van der Waals surface area (Å²) in [5.74, 6) is -0.0478. The van der Waals surface area contributed by atoms with E-state index in [1.165, 1.54) is 0 Å². The predicted molar refractivity (Wildman–Crippen MR) is 93.0 cm³/mol. The first-order valence-corrected chi connectivity index (χ1v) is 7.84. The fourth-order valence-electron chi connectivity index (χ4n) is 2.74. The molecule has 7 nitrogen and oxygen atoms in total. The van der Waals surface area contributed by atoms with Gasteiger partial charge in [-0.25, -0.2) is 4.98 Å². The second kappa shape index (κ2) is 5.94. The van der Waals surface area contributed by atoms with Crippen molar-refractivity contribution in [2.45, 2.75) is 6.42 Å². The van der Waals surface area contributed by atoms with E-state index in [1.54, 1.807) is 48.9 Å². The van der Waals surface area contributed by atoms with Crippen molar-refractivity contribution in [2.24, 2.45) is 14.1 Å². The number of Topliss-reactive ketones (excluding diaryl/α,β-unsaturated/α-hetero) is 1. The van der Waals surface area contributed by atoms with E-state index in [0.717, 1.165) is 22.2 Å². The lowest BCUT2D eigenvalue weighted by Crippen LogP contribution is -2.06. The van der Waals surface area contributed by atoms with E-state index in [1.807, 2.05) is 23.7 Å². The average Bonchev–Trinajstić information content (AvgIpc) is 3.22. The van der Waals surface area contributed by atoms with Gasteiger partial charge in [0.15, 0.2) is 5.78 Å². The SMILES string of the molecule is Cn1ccc(C(=O)Cc2cc3cc(-c4cncn4C)ncc3cn2)n1. The number of fused-ring (bicyclic) bond motifs is 1. The second-order valence-corrected chi connectivity index (χ2v) is 5.96. The van der Waals surface area contributed by atoms with Gasteiger partial charge in [-0.3, -0.25) is 19.4 Å². The number of pyridine rings is 2. The van der Waals surface area contributed by atoms with Gasteiger partial charge in [-0.15, -0.1) is 0 Å². The van der Waals surface area contributed by atoms with E-state index in [9.17, 15) is 4.79 Å². The van der Waals surface area contributed by atoms with Crippen LogP contribution in [0.1, 0.15) is 16.2 Å². The fraction of sp³-hybridized carbons (Fsp3) is 0.167. The molecule has 7 heteroatoms. The maximum absolute atomic E-state index is 12.3. The van der Waals surface area contributed by atoms with Crippen molar-refractivity contribution >= 4 is 16.6 Å². The molecule has 4 aromatic rings. The number of hydrogen-bond donors (Lipinski definition) is 0. The van der Waals surface area contributed by atoms with Crippen LogP contribution in [0, 0.1) is 0 Å². The van der Waals surface area contributed by atoms with E-state index >= 15 is 0 Å². The van der Waals surface area contributed by atoms with Crippen molar-refractivity contribution in [3.63, 3.8) is 0 Å². The summed E-state index contributed by atoms with van der Waals surface area (Å²) in [7, 11) is 3.72. The van der Waals surface area contributed by atoms with Crippen LogP contribution in [0.5, 0.6) is 0 Å². The molecule has 0 aromatic carbocycles. The Balaban J connectivity index is 1.67. The highest BCUT2D eigenvalue weighted by atomic mass is 16.1. The standard InChI is InChI=1S/C18H16N6O/c1-23-11-19-10-17(23)16-6-12-5-14(20-8-13(12)9-21-16)7-18(25)15-3-4-24(2)22-15/h3-6,8-11H,7H2,1-2H3. The van der Waals surface area contributed by atoms with Crippen molar-refractivity contribution in [1.82, 2.24) is 29.3 Å². The van der Waals surface area contributed by atoms with Crippen molar-refractivity contribution in [1.29, 1.82) is 0 Å². The minimum Gasteiger partial charge on any atom is -0.332 e. The van der Waals surface area contributed by atoms with Crippen molar-refractivity contribution in [2.75, 3.05) is 0 Å². The summed E-state index contributed by atoms with van der Waals surface area (Å²) in [6, 6.07) is 5.63. The first-order valence-electron chi connectivity index (χ1n) is 7.84. The Hall–Kier alpha value is -3.35. The van der Waals surface area contributed by atoms with Gasteiger partial charge in [0.2, 0.25) is 0 Å². The third kappa shape index (κ3) is 2.91. The first-order chi connectivity index (χ1) is 12.1. The van der Waals surface area contributed by atoms with Crippen LogP contribution < -0.4 is 0 Å². The summed E-state index contributed by atoms with van der Waals surface area (Å²) in [5, 5.41) is 6.07. The Labute approximate surface area is 144 Å². The topological polar surface area (TPSA) is 78.5 Å². The zero-order valence-corrected chi connectivity index (χ0v) is 13.9. The molecular formula is C18H16N6O. The Bertz CT molecular complexity index is 1080. The van der Waals surface area contributed by atoms with Gasteiger partial charge in [0.25, 0.3) is 0 Å². The first kappa shape index (κ1) is 15.2. The summed E-state index contributed by atoms with van der Waals surface area (Å²) in [6.07, 6.45) is 9.03. The number of imidazole rings is 1. The summed E-state index contributed by atoms with van der Waals surface area (Å²) in [5.41, 5.74) is 2.94. The number of rotatable bonds is 4. The van der Waals surface area contributed by atoms with Gasteiger partial charge >= 0.3 is 0 Å². The Morgan fingerprint density at radius 2 is 1.92 bits per heavy atom. The molecule has 4 rings (SSSR count). The van der Waals surface area contributed by atoms with E-state index < -0.39 is 0 Å². The molecule has 25 heavy (non-hydrogen) atoms. The molecule has 0 radical (unpaired) electrons. The quantitative estimate of drug-likeness (QED) is 0.535. The highest BCUT2D eigenvalue weighted by Crippen LogP contribution is 2.21. The average molecular weight is 332 g/mol. The smallest absolute Gasteiger partial charge is 0.188 e. The highest BCUT2D eigenvalue weighted by Gasteiger charge is 2.12. The van der Waals surface area contributed by atoms with Crippen LogP contribution >= 0.6 is 0 Å². The van der Waals surface area contributed by atoms with Gasteiger partial charge in [0.05, 0.1) is 30.3 Å². The van der Waals surface area contributed by atoms with E-state index in [0.29, 0.717) is 11.4 Å². The summed E-state index contributed by atoms with van der Waals surface area (Å²) < 4.78 is 3.54. The molecule has 0 N–H and O–H groups in total. The van der Waals surface area contributed by atoms with Crippen LogP contribution in [0.3, 0.4) is 0 Å². The number of aromatic nitrogens is 6. The molecule has 0 aliphatic heterocycles. The molecule has 0 aliphatic rings. The van der Waals surface area contributed by atoms with E-state index in [4.69, 9.17) is 0 Å². The van der Waals surface area contributed by atoms with Crippen molar-refractivity contribution in [3.8, 4) is 11.4 Å². The predicted octanol–water partition coefficient (Wildman–Crippen LogP) is 2.19. The van der Waals surface area contributed by atoms with Gasteiger partial charge in [-0.2, -0.15) is 5.10 Å². The lowest BCUT2D eigenvalue weighted by Gasteiger charge is -2.05. The maximum Gasteiger partial charge on any atom is 0.188 e. The van der Waals surface area contributed by atoms with Crippen LogP contribution in [0.15, 0.2) is 49.3 Å². The molecule has 0 saturated carbocycles. The van der Waals surface area contributed by atoms with Gasteiger partial charge in [-0.05, 0) is 23.6 Å². The van der Waals surface area contributed by atoms with E-state index in [2.05, 4.69) is 20.1 Å². The molecule has 0 bridgehead atoms. The third-order valence-corrected chi connectivity index (χ3v) is 4.08. The Morgan fingerprint density at radius 1 is 1.08 bits per heavy atom. The number of carbonyl (C=O) groups is 1. The van der Waals surface area contributed by atoms with Crippen molar-refractivity contribution in [3.05, 3.63) is 60.7 Å². The van der Waals surface area contributed by atoms with Gasteiger partial charge in [0.1, 0.15) is 5.69 Å². The molecule has 4 aromatic heterocycles. The van der Waals surface area contributed by atoms with Crippen LogP contribution in [-0.4, -0.2) is 35.1 Å². The second-order valence-electron chi connectivity index (χ2n) is 5.96. The number of hydrogen-bond acceptors (Lipinski definition) is 5. The summed E-state index contributed by atoms with van der Waals surface area (Å²) in [6.45, 7) is 0. The lowest BCUT2D eigenvalue weighted by molar-refractivity contribution is 0.0986. The molecule has 0 unspecified atom stereocenters. The minimum atomic E-state index is -0.0478.